The predicted octanol–water partition coefficient (Wildman–Crippen LogP) is 2.31. The molecule has 0 saturated carbocycles. The number of carbonyl (C=O) groups excluding carboxylic acids is 2. The highest BCUT2D eigenvalue weighted by Crippen LogP contribution is 2.34. The van der Waals surface area contributed by atoms with Crippen LogP contribution in [0.15, 0.2) is 6.07 Å². The van der Waals surface area contributed by atoms with Crippen LogP contribution in [0.2, 0.25) is 0 Å². The highest BCUT2D eigenvalue weighted by Gasteiger charge is 2.35. The van der Waals surface area contributed by atoms with Gasteiger partial charge in [0.15, 0.2) is 0 Å². The molecule has 136 valence electrons. The standard InChI is InChI=1S/C19H28N4O2/c1-13-6-5-9-23(13)18(25)16-12-17(21-14(2)20-16)19(4)7-10-22(11-8-19)15(3)24/h12-13H,5-11H2,1-4H3. The van der Waals surface area contributed by atoms with Crippen molar-refractivity contribution in [2.45, 2.75) is 64.8 Å². The first kappa shape index (κ1) is 17.8. The molecule has 2 aliphatic heterocycles. The van der Waals surface area contributed by atoms with Crippen molar-refractivity contribution in [1.29, 1.82) is 0 Å². The first-order chi connectivity index (χ1) is 11.8. The van der Waals surface area contributed by atoms with Gasteiger partial charge < -0.3 is 9.80 Å². The van der Waals surface area contributed by atoms with E-state index in [0.717, 1.165) is 51.0 Å². The molecule has 0 spiro atoms. The fourth-order valence-corrected chi connectivity index (χ4v) is 3.94. The second kappa shape index (κ2) is 6.73. The van der Waals surface area contributed by atoms with Crippen molar-refractivity contribution in [3.63, 3.8) is 0 Å². The summed E-state index contributed by atoms with van der Waals surface area (Å²) in [5.41, 5.74) is 1.32. The van der Waals surface area contributed by atoms with E-state index in [2.05, 4.69) is 23.8 Å². The third-order valence-corrected chi connectivity index (χ3v) is 5.80. The number of likely N-dealkylation sites (tertiary alicyclic amines) is 2. The van der Waals surface area contributed by atoms with Crippen molar-refractivity contribution in [3.05, 3.63) is 23.3 Å². The Balaban J connectivity index is 1.84. The van der Waals surface area contributed by atoms with Crippen LogP contribution in [-0.4, -0.2) is 57.3 Å². The number of aryl methyl sites for hydroxylation is 1. The molecular formula is C19H28N4O2. The van der Waals surface area contributed by atoms with Crippen LogP contribution in [0.5, 0.6) is 0 Å². The molecule has 2 amide bonds. The zero-order chi connectivity index (χ0) is 18.2. The summed E-state index contributed by atoms with van der Waals surface area (Å²) < 4.78 is 0. The maximum Gasteiger partial charge on any atom is 0.272 e. The maximum absolute atomic E-state index is 12.9. The van der Waals surface area contributed by atoms with Crippen LogP contribution < -0.4 is 0 Å². The van der Waals surface area contributed by atoms with E-state index in [4.69, 9.17) is 0 Å². The summed E-state index contributed by atoms with van der Waals surface area (Å²) in [5.74, 6) is 0.782. The molecule has 0 aromatic carbocycles. The zero-order valence-electron chi connectivity index (χ0n) is 15.7. The van der Waals surface area contributed by atoms with Crippen molar-refractivity contribution in [1.82, 2.24) is 19.8 Å². The second-order valence-corrected chi connectivity index (χ2v) is 7.74. The van der Waals surface area contributed by atoms with E-state index in [1.54, 1.807) is 6.92 Å². The first-order valence-corrected chi connectivity index (χ1v) is 9.23. The number of nitrogens with zero attached hydrogens (tertiary/aromatic N) is 4. The molecule has 2 fully saturated rings. The first-order valence-electron chi connectivity index (χ1n) is 9.23. The molecule has 0 aliphatic carbocycles. The highest BCUT2D eigenvalue weighted by molar-refractivity contribution is 5.92. The summed E-state index contributed by atoms with van der Waals surface area (Å²) >= 11 is 0. The molecule has 1 unspecified atom stereocenters. The molecule has 1 aromatic heterocycles. The van der Waals surface area contributed by atoms with E-state index in [0.29, 0.717) is 11.5 Å². The number of amides is 2. The number of rotatable bonds is 2. The number of carbonyl (C=O) groups is 2. The largest absolute Gasteiger partial charge is 0.343 e. The predicted molar refractivity (Wildman–Crippen MR) is 95.3 cm³/mol. The smallest absolute Gasteiger partial charge is 0.272 e. The second-order valence-electron chi connectivity index (χ2n) is 7.74. The Labute approximate surface area is 149 Å². The Morgan fingerprint density at radius 2 is 1.88 bits per heavy atom. The fraction of sp³-hybridized carbons (Fsp3) is 0.684. The summed E-state index contributed by atoms with van der Waals surface area (Å²) in [4.78, 5) is 37.3. The van der Waals surface area contributed by atoms with Gasteiger partial charge in [-0.3, -0.25) is 9.59 Å². The number of hydrogen-bond donors (Lipinski definition) is 0. The summed E-state index contributed by atoms with van der Waals surface area (Å²) in [6, 6.07) is 2.16. The van der Waals surface area contributed by atoms with E-state index in [1.807, 2.05) is 22.8 Å². The molecule has 3 heterocycles. The third kappa shape index (κ3) is 3.53. The number of aromatic nitrogens is 2. The third-order valence-electron chi connectivity index (χ3n) is 5.80. The van der Waals surface area contributed by atoms with Gasteiger partial charge in [0.25, 0.3) is 5.91 Å². The van der Waals surface area contributed by atoms with Gasteiger partial charge in [0.2, 0.25) is 5.91 Å². The van der Waals surface area contributed by atoms with E-state index >= 15 is 0 Å². The van der Waals surface area contributed by atoms with Crippen LogP contribution in [0.3, 0.4) is 0 Å². The van der Waals surface area contributed by atoms with Gasteiger partial charge in [-0.25, -0.2) is 9.97 Å². The Kier molecular flexibility index (Phi) is 4.80. The molecule has 1 aromatic rings. The molecule has 0 N–H and O–H groups in total. The Bertz CT molecular complexity index is 680. The van der Waals surface area contributed by atoms with Gasteiger partial charge in [-0.2, -0.15) is 0 Å². The van der Waals surface area contributed by atoms with Gasteiger partial charge in [0.1, 0.15) is 11.5 Å². The molecule has 6 heteroatoms. The lowest BCUT2D eigenvalue weighted by Crippen LogP contribution is -2.43. The Hall–Kier alpha value is -1.98. The topological polar surface area (TPSA) is 66.4 Å². The average molecular weight is 344 g/mol. The summed E-state index contributed by atoms with van der Waals surface area (Å²) in [5, 5.41) is 0. The van der Waals surface area contributed by atoms with Crippen LogP contribution >= 0.6 is 0 Å². The van der Waals surface area contributed by atoms with Crippen LogP contribution in [0.4, 0.5) is 0 Å². The lowest BCUT2D eigenvalue weighted by Gasteiger charge is -2.39. The fourth-order valence-electron chi connectivity index (χ4n) is 3.94. The monoisotopic (exact) mass is 344 g/mol. The Morgan fingerprint density at radius 1 is 1.20 bits per heavy atom. The average Bonchev–Trinajstić information content (AvgIpc) is 3.00. The van der Waals surface area contributed by atoms with E-state index < -0.39 is 0 Å². The van der Waals surface area contributed by atoms with E-state index in [9.17, 15) is 9.59 Å². The molecule has 2 aliphatic rings. The number of piperidine rings is 1. The van der Waals surface area contributed by atoms with E-state index in [1.165, 1.54) is 0 Å². The molecule has 25 heavy (non-hydrogen) atoms. The van der Waals surface area contributed by atoms with Crippen LogP contribution in [0.1, 0.15) is 68.5 Å². The van der Waals surface area contributed by atoms with Gasteiger partial charge in [0, 0.05) is 38.0 Å². The molecule has 0 bridgehead atoms. The van der Waals surface area contributed by atoms with Gasteiger partial charge in [-0.1, -0.05) is 6.92 Å². The maximum atomic E-state index is 12.9. The van der Waals surface area contributed by atoms with Gasteiger partial charge in [-0.15, -0.1) is 0 Å². The highest BCUT2D eigenvalue weighted by atomic mass is 16.2. The molecule has 3 rings (SSSR count). The number of hydrogen-bond acceptors (Lipinski definition) is 4. The lowest BCUT2D eigenvalue weighted by atomic mass is 9.77. The molecule has 1 atom stereocenters. The Morgan fingerprint density at radius 3 is 2.44 bits per heavy atom. The summed E-state index contributed by atoms with van der Waals surface area (Å²) in [6.45, 7) is 10.0. The van der Waals surface area contributed by atoms with Crippen LogP contribution in [0.25, 0.3) is 0 Å². The van der Waals surface area contributed by atoms with E-state index in [-0.39, 0.29) is 23.3 Å². The zero-order valence-corrected chi connectivity index (χ0v) is 15.7. The van der Waals surface area contributed by atoms with Gasteiger partial charge in [-0.05, 0) is 45.6 Å². The minimum Gasteiger partial charge on any atom is -0.343 e. The molecule has 2 saturated heterocycles. The SMILES string of the molecule is CC(=O)N1CCC(C)(c2cc(C(=O)N3CCCC3C)nc(C)n2)CC1. The quantitative estimate of drug-likeness (QED) is 0.826. The molecule has 6 nitrogen and oxygen atoms in total. The van der Waals surface area contributed by atoms with Gasteiger partial charge in [0.05, 0.1) is 5.69 Å². The minimum absolute atomic E-state index is 0.0153. The van der Waals surface area contributed by atoms with Crippen molar-refractivity contribution < 1.29 is 9.59 Å². The molecule has 0 radical (unpaired) electrons. The normalized spacial score (nSPS) is 23.0. The summed E-state index contributed by atoms with van der Waals surface area (Å²) in [6.07, 6.45) is 3.83. The van der Waals surface area contributed by atoms with Gasteiger partial charge >= 0.3 is 0 Å². The summed E-state index contributed by atoms with van der Waals surface area (Å²) in [7, 11) is 0. The van der Waals surface area contributed by atoms with Crippen molar-refractivity contribution >= 4 is 11.8 Å². The molecular weight excluding hydrogens is 316 g/mol. The van der Waals surface area contributed by atoms with Crippen LogP contribution in [0, 0.1) is 6.92 Å². The van der Waals surface area contributed by atoms with Crippen molar-refractivity contribution in [3.8, 4) is 0 Å². The lowest BCUT2D eigenvalue weighted by molar-refractivity contribution is -0.130. The van der Waals surface area contributed by atoms with Crippen molar-refractivity contribution in [2.24, 2.45) is 0 Å². The van der Waals surface area contributed by atoms with Crippen LogP contribution in [-0.2, 0) is 10.2 Å². The minimum atomic E-state index is -0.120. The van der Waals surface area contributed by atoms with Crippen molar-refractivity contribution in [2.75, 3.05) is 19.6 Å².